The molecule has 0 heterocycles. The summed E-state index contributed by atoms with van der Waals surface area (Å²) in [5, 5.41) is 0. The lowest BCUT2D eigenvalue weighted by atomic mass is 10.1. The van der Waals surface area contributed by atoms with Crippen molar-refractivity contribution in [3.05, 3.63) is 24.3 Å². The van der Waals surface area contributed by atoms with Crippen LogP contribution in [0.25, 0.3) is 0 Å². The van der Waals surface area contributed by atoms with Gasteiger partial charge in [-0.25, -0.2) is 0 Å². The first-order chi connectivity index (χ1) is 23.2. The van der Waals surface area contributed by atoms with E-state index in [4.69, 9.17) is 4.74 Å². The first kappa shape index (κ1) is 45.6. The molecule has 0 fully saturated rings. The summed E-state index contributed by atoms with van der Waals surface area (Å²) in [7, 11) is 0. The minimum absolute atomic E-state index is 0.329. The van der Waals surface area contributed by atoms with Gasteiger partial charge in [0.05, 0.1) is 0 Å². The zero-order valence-electron chi connectivity index (χ0n) is 32.0. The Bertz CT molecular complexity index is 636. The van der Waals surface area contributed by atoms with E-state index in [1.165, 1.54) is 193 Å². The minimum Gasteiger partial charge on any atom is -0.393 e. The van der Waals surface area contributed by atoms with E-state index in [-0.39, 0.29) is 11.9 Å². The summed E-state index contributed by atoms with van der Waals surface area (Å²) in [5.74, 6) is -0.659. The fourth-order valence-corrected chi connectivity index (χ4v) is 6.32. The summed E-state index contributed by atoms with van der Waals surface area (Å²) in [6.45, 7) is 4.55. The first-order valence-corrected chi connectivity index (χ1v) is 21.2. The zero-order chi connectivity index (χ0) is 34.1. The molecule has 47 heavy (non-hydrogen) atoms. The Kier molecular flexibility index (Phi) is 39.6. The van der Waals surface area contributed by atoms with Crippen LogP contribution in [0.5, 0.6) is 0 Å². The van der Waals surface area contributed by atoms with Gasteiger partial charge < -0.3 is 4.74 Å². The van der Waals surface area contributed by atoms with Crippen molar-refractivity contribution in [2.75, 3.05) is 0 Å². The SMILES string of the molecule is CCCCCCCC/C=C\CCCCCCCCCCCC(=O)OC(=O)CCCCCCCCCCC/C=C/CCCCCCCC. The van der Waals surface area contributed by atoms with Gasteiger partial charge in [-0.1, -0.05) is 192 Å². The highest BCUT2D eigenvalue weighted by Crippen LogP contribution is 2.15. The van der Waals surface area contributed by atoms with E-state index in [1.54, 1.807) is 0 Å². The number of hydrogen-bond donors (Lipinski definition) is 0. The fraction of sp³-hybridized carbons (Fsp3) is 0.864. The van der Waals surface area contributed by atoms with Crippen LogP contribution in [0.1, 0.15) is 245 Å². The van der Waals surface area contributed by atoms with Crippen LogP contribution < -0.4 is 0 Å². The topological polar surface area (TPSA) is 43.4 Å². The maximum absolute atomic E-state index is 12.0. The smallest absolute Gasteiger partial charge is 0.313 e. The van der Waals surface area contributed by atoms with E-state index in [0.29, 0.717) is 12.8 Å². The molecule has 0 N–H and O–H groups in total. The third-order valence-corrected chi connectivity index (χ3v) is 9.51. The van der Waals surface area contributed by atoms with Crippen molar-refractivity contribution in [3.63, 3.8) is 0 Å². The van der Waals surface area contributed by atoms with Gasteiger partial charge in [-0.05, 0) is 64.2 Å². The quantitative estimate of drug-likeness (QED) is 0.0287. The molecule has 0 saturated carbocycles. The van der Waals surface area contributed by atoms with Gasteiger partial charge >= 0.3 is 11.9 Å². The van der Waals surface area contributed by atoms with Crippen LogP contribution >= 0.6 is 0 Å². The van der Waals surface area contributed by atoms with E-state index in [0.717, 1.165) is 25.7 Å². The van der Waals surface area contributed by atoms with Crippen LogP contribution in [-0.2, 0) is 14.3 Å². The number of allylic oxidation sites excluding steroid dienone is 4. The molecule has 0 rings (SSSR count). The van der Waals surface area contributed by atoms with Crippen molar-refractivity contribution < 1.29 is 14.3 Å². The predicted molar refractivity (Wildman–Crippen MR) is 207 cm³/mol. The van der Waals surface area contributed by atoms with Crippen LogP contribution in [0.4, 0.5) is 0 Å². The van der Waals surface area contributed by atoms with Crippen LogP contribution in [0, 0.1) is 0 Å². The maximum Gasteiger partial charge on any atom is 0.313 e. The minimum atomic E-state index is -0.329. The Balaban J connectivity index is 3.32. The number of hydrogen-bond acceptors (Lipinski definition) is 3. The molecule has 0 saturated heterocycles. The lowest BCUT2D eigenvalue weighted by molar-refractivity contribution is -0.159. The van der Waals surface area contributed by atoms with E-state index >= 15 is 0 Å². The maximum atomic E-state index is 12.0. The summed E-state index contributed by atoms with van der Waals surface area (Å²) in [6.07, 6.45) is 53.9. The third-order valence-electron chi connectivity index (χ3n) is 9.51. The second kappa shape index (κ2) is 40.8. The molecule has 3 nitrogen and oxygen atoms in total. The number of esters is 2. The molecule has 0 atom stereocenters. The average Bonchev–Trinajstić information content (AvgIpc) is 3.06. The number of ether oxygens (including phenoxy) is 1. The summed E-state index contributed by atoms with van der Waals surface area (Å²) >= 11 is 0. The van der Waals surface area contributed by atoms with Crippen LogP contribution in [0.15, 0.2) is 24.3 Å². The lowest BCUT2D eigenvalue weighted by Crippen LogP contribution is -2.11. The molecule has 0 unspecified atom stereocenters. The number of carbonyl (C=O) groups is 2. The first-order valence-electron chi connectivity index (χ1n) is 21.2. The predicted octanol–water partition coefficient (Wildman–Crippen LogP) is 15.3. The van der Waals surface area contributed by atoms with E-state index < -0.39 is 0 Å². The van der Waals surface area contributed by atoms with Gasteiger partial charge in [-0.3, -0.25) is 9.59 Å². The molecule has 0 aromatic heterocycles. The van der Waals surface area contributed by atoms with Crippen LogP contribution in [0.2, 0.25) is 0 Å². The molecule has 0 radical (unpaired) electrons. The van der Waals surface area contributed by atoms with Crippen molar-refractivity contribution in [2.24, 2.45) is 0 Å². The van der Waals surface area contributed by atoms with Gasteiger partial charge in [0.25, 0.3) is 0 Å². The van der Waals surface area contributed by atoms with Gasteiger partial charge in [-0.2, -0.15) is 0 Å². The molecule has 0 aromatic rings. The fourth-order valence-electron chi connectivity index (χ4n) is 6.32. The molecular weight excluding hydrogens is 576 g/mol. The summed E-state index contributed by atoms with van der Waals surface area (Å²) in [5.41, 5.74) is 0. The zero-order valence-corrected chi connectivity index (χ0v) is 32.0. The second-order valence-corrected chi connectivity index (χ2v) is 14.3. The van der Waals surface area contributed by atoms with Gasteiger partial charge in [-0.15, -0.1) is 0 Å². The van der Waals surface area contributed by atoms with E-state index in [2.05, 4.69) is 38.2 Å². The van der Waals surface area contributed by atoms with Crippen LogP contribution in [-0.4, -0.2) is 11.9 Å². The van der Waals surface area contributed by atoms with Gasteiger partial charge in [0, 0.05) is 12.8 Å². The Hall–Kier alpha value is -1.38. The summed E-state index contributed by atoms with van der Waals surface area (Å²) in [6, 6.07) is 0. The van der Waals surface area contributed by atoms with E-state index in [1.807, 2.05) is 0 Å². The Morgan fingerprint density at radius 2 is 0.532 bits per heavy atom. The number of unbranched alkanes of at least 4 members (excludes halogenated alkanes) is 30. The van der Waals surface area contributed by atoms with Crippen molar-refractivity contribution in [1.82, 2.24) is 0 Å². The van der Waals surface area contributed by atoms with Crippen molar-refractivity contribution in [1.29, 1.82) is 0 Å². The molecule has 0 bridgehead atoms. The lowest BCUT2D eigenvalue weighted by Gasteiger charge is -2.04. The Morgan fingerprint density at radius 1 is 0.319 bits per heavy atom. The molecule has 276 valence electrons. The highest BCUT2D eigenvalue weighted by Gasteiger charge is 2.10. The van der Waals surface area contributed by atoms with Gasteiger partial charge in [0.15, 0.2) is 0 Å². The second-order valence-electron chi connectivity index (χ2n) is 14.3. The standard InChI is InChI=1S/C44H82O3/c1-3-5-7-9-11-13-15-17-19-21-23-25-27-29-31-33-35-37-39-41-43(45)47-44(46)42-40-38-36-34-32-30-28-26-24-22-20-18-16-14-12-10-8-6-4-2/h17-20H,3-16,21-42H2,1-2H3/b19-17-,20-18+. The monoisotopic (exact) mass is 659 g/mol. The average molecular weight is 659 g/mol. The Labute approximate surface area is 294 Å². The Morgan fingerprint density at radius 3 is 0.787 bits per heavy atom. The highest BCUT2D eigenvalue weighted by atomic mass is 16.6. The van der Waals surface area contributed by atoms with Gasteiger partial charge in [0.1, 0.15) is 0 Å². The molecule has 0 spiro atoms. The molecule has 0 aliphatic carbocycles. The number of rotatable bonds is 38. The van der Waals surface area contributed by atoms with Crippen LogP contribution in [0.3, 0.4) is 0 Å². The molecule has 3 heteroatoms. The molecule has 0 amide bonds. The molecule has 0 aliphatic heterocycles. The summed E-state index contributed by atoms with van der Waals surface area (Å²) < 4.78 is 5.04. The van der Waals surface area contributed by atoms with E-state index in [9.17, 15) is 9.59 Å². The molecule has 0 aliphatic rings. The summed E-state index contributed by atoms with van der Waals surface area (Å²) in [4.78, 5) is 24.0. The molecular formula is C44H82O3. The van der Waals surface area contributed by atoms with Crippen molar-refractivity contribution in [2.45, 2.75) is 245 Å². The third kappa shape index (κ3) is 40.7. The van der Waals surface area contributed by atoms with Crippen molar-refractivity contribution >= 4 is 11.9 Å². The largest absolute Gasteiger partial charge is 0.393 e. The highest BCUT2D eigenvalue weighted by molar-refractivity contribution is 5.85. The normalized spacial score (nSPS) is 11.7. The van der Waals surface area contributed by atoms with Gasteiger partial charge in [0.2, 0.25) is 0 Å². The number of carbonyl (C=O) groups excluding carboxylic acids is 2. The van der Waals surface area contributed by atoms with Crippen molar-refractivity contribution in [3.8, 4) is 0 Å². The molecule has 0 aromatic carbocycles.